The third-order valence-electron chi connectivity index (χ3n) is 5.02. The second kappa shape index (κ2) is 8.11. The van der Waals surface area contributed by atoms with Crippen LogP contribution in [0.1, 0.15) is 43.6 Å². The summed E-state index contributed by atoms with van der Waals surface area (Å²) in [5.41, 5.74) is 1.77. The summed E-state index contributed by atoms with van der Waals surface area (Å²) < 4.78 is 5.52. The minimum atomic E-state index is -0.445. The summed E-state index contributed by atoms with van der Waals surface area (Å²) in [6.07, 6.45) is 0. The predicted molar refractivity (Wildman–Crippen MR) is 92.5 cm³/mol. The molecule has 0 radical (unpaired) electrons. The van der Waals surface area contributed by atoms with E-state index in [0.717, 1.165) is 25.2 Å². The Labute approximate surface area is 139 Å². The molecule has 0 spiro atoms. The van der Waals surface area contributed by atoms with E-state index in [1.54, 1.807) is 12.1 Å². The van der Waals surface area contributed by atoms with Crippen molar-refractivity contribution in [2.45, 2.75) is 40.7 Å². The summed E-state index contributed by atoms with van der Waals surface area (Å²) in [5, 5.41) is 2.95. The third kappa shape index (κ3) is 3.91. The fraction of sp³-hybridized carbons (Fsp3) is 0.556. The number of anilines is 1. The Balaban J connectivity index is 3.13. The predicted octanol–water partition coefficient (Wildman–Crippen LogP) is 2.99. The monoisotopic (exact) mass is 321 g/mol. The molecule has 1 unspecified atom stereocenters. The zero-order valence-electron chi connectivity index (χ0n) is 15.1. The van der Waals surface area contributed by atoms with Gasteiger partial charge in [0.25, 0.3) is 5.91 Å². The van der Waals surface area contributed by atoms with Crippen LogP contribution < -0.4 is 5.32 Å². The van der Waals surface area contributed by atoms with E-state index in [-0.39, 0.29) is 11.9 Å². The number of likely N-dealkylation sites (N-methyl/N-ethyl adjacent to an activating group) is 1. The van der Waals surface area contributed by atoms with Crippen LogP contribution in [-0.4, -0.2) is 49.1 Å². The summed E-state index contributed by atoms with van der Waals surface area (Å²) in [7, 11) is 1.34. The smallest absolute Gasteiger partial charge is 0.339 e. The molecule has 0 bridgehead atoms. The highest BCUT2D eigenvalue weighted by atomic mass is 16.5. The van der Waals surface area contributed by atoms with Crippen LogP contribution in [0, 0.1) is 6.92 Å². The minimum Gasteiger partial charge on any atom is -0.465 e. The van der Waals surface area contributed by atoms with Crippen molar-refractivity contribution in [2.75, 3.05) is 32.1 Å². The van der Waals surface area contributed by atoms with Crippen LogP contribution in [0.2, 0.25) is 0 Å². The van der Waals surface area contributed by atoms with Crippen molar-refractivity contribution in [1.82, 2.24) is 0 Å². The number of carbonyl (C=O) groups excluding carboxylic acids is 2. The van der Waals surface area contributed by atoms with E-state index >= 15 is 0 Å². The molecule has 1 N–H and O–H groups in total. The largest absolute Gasteiger partial charge is 0.465 e. The number of aryl methyl sites for hydroxylation is 1. The molecule has 0 aromatic heterocycles. The third-order valence-corrected chi connectivity index (χ3v) is 5.02. The number of nitrogens with one attached hydrogen (secondary N) is 1. The topological polar surface area (TPSA) is 55.4 Å². The summed E-state index contributed by atoms with van der Waals surface area (Å²) in [6, 6.07) is 5.13. The highest BCUT2D eigenvalue weighted by molar-refractivity contribution is 6.03. The van der Waals surface area contributed by atoms with Gasteiger partial charge in [-0.2, -0.15) is 0 Å². The molecule has 1 amide bonds. The highest BCUT2D eigenvalue weighted by Crippen LogP contribution is 2.23. The summed E-state index contributed by atoms with van der Waals surface area (Å²) in [5.74, 6) is -0.520. The van der Waals surface area contributed by atoms with Crippen LogP contribution in [0.5, 0.6) is 0 Å². The lowest BCUT2D eigenvalue weighted by atomic mass is 10.1. The molecule has 1 aromatic rings. The molecule has 5 heteroatoms. The number of amides is 1. The Kier molecular flexibility index (Phi) is 6.76. The summed E-state index contributed by atoms with van der Waals surface area (Å²) in [4.78, 5) is 24.7. The number of nitrogens with zero attached hydrogens (tertiary/aromatic N) is 1. The maximum atomic E-state index is 12.8. The molecule has 1 rings (SSSR count). The van der Waals surface area contributed by atoms with Gasteiger partial charge < -0.3 is 14.5 Å². The Bertz CT molecular complexity index is 557. The molecule has 1 aromatic carbocycles. The maximum Gasteiger partial charge on any atom is 0.339 e. The lowest BCUT2D eigenvalue weighted by Crippen LogP contribution is -2.58. The van der Waals surface area contributed by atoms with Crippen LogP contribution in [0.15, 0.2) is 18.2 Å². The number of rotatable bonds is 7. The highest BCUT2D eigenvalue weighted by Gasteiger charge is 2.34. The number of carbonyl (C=O) groups is 2. The molecule has 128 valence electrons. The molecule has 0 saturated carbocycles. The van der Waals surface area contributed by atoms with Gasteiger partial charge in [0.15, 0.2) is 6.04 Å². The summed E-state index contributed by atoms with van der Waals surface area (Å²) >= 11 is 0. The van der Waals surface area contributed by atoms with E-state index in [1.807, 2.05) is 19.9 Å². The Hall–Kier alpha value is -1.88. The molecule has 23 heavy (non-hydrogen) atoms. The molecular weight excluding hydrogens is 292 g/mol. The normalized spacial score (nSPS) is 12.6. The molecular formula is C18H29N2O3+. The van der Waals surface area contributed by atoms with Crippen LogP contribution in [0.3, 0.4) is 0 Å². The zero-order valence-corrected chi connectivity index (χ0v) is 15.1. The van der Waals surface area contributed by atoms with Crippen molar-refractivity contribution < 1.29 is 18.8 Å². The average Bonchev–Trinajstić information content (AvgIpc) is 2.57. The number of ether oxygens (including phenoxy) is 1. The SMILES string of the molecule is CC[N+](CC)(CC)C(C)C(=O)Nc1c(C)cccc1C(=O)OC. The number of para-hydroxylation sites is 1. The standard InChI is InChI=1S/C18H28N2O3/c1-7-20(8-2,9-3)14(5)17(21)19-16-13(4)11-10-12-15(16)18(22)23-6/h10-12,14H,7-9H2,1-6H3/p+1. The zero-order chi connectivity index (χ0) is 17.6. The Morgan fingerprint density at radius 3 is 2.22 bits per heavy atom. The molecule has 0 aliphatic carbocycles. The fourth-order valence-corrected chi connectivity index (χ4v) is 3.08. The van der Waals surface area contributed by atoms with Gasteiger partial charge in [0.1, 0.15) is 0 Å². The van der Waals surface area contributed by atoms with Gasteiger partial charge in [-0.05, 0) is 46.2 Å². The number of methoxy groups -OCH3 is 1. The second-order valence-electron chi connectivity index (χ2n) is 5.82. The van der Waals surface area contributed by atoms with Crippen LogP contribution in [0.25, 0.3) is 0 Å². The molecule has 0 aliphatic rings. The lowest BCUT2D eigenvalue weighted by Gasteiger charge is -2.40. The van der Waals surface area contributed by atoms with Gasteiger partial charge in [-0.1, -0.05) is 12.1 Å². The number of esters is 1. The number of hydrogen-bond donors (Lipinski definition) is 1. The number of benzene rings is 1. The van der Waals surface area contributed by atoms with E-state index in [1.165, 1.54) is 7.11 Å². The molecule has 0 heterocycles. The average molecular weight is 321 g/mol. The van der Waals surface area contributed by atoms with Crippen molar-refractivity contribution in [2.24, 2.45) is 0 Å². The maximum absolute atomic E-state index is 12.8. The number of quaternary nitrogens is 1. The quantitative estimate of drug-likeness (QED) is 0.620. The van der Waals surface area contributed by atoms with Gasteiger partial charge in [-0.15, -0.1) is 0 Å². The van der Waals surface area contributed by atoms with E-state index in [2.05, 4.69) is 26.1 Å². The molecule has 1 atom stereocenters. The Morgan fingerprint density at radius 2 is 1.74 bits per heavy atom. The van der Waals surface area contributed by atoms with Crippen LogP contribution >= 0.6 is 0 Å². The van der Waals surface area contributed by atoms with Gasteiger partial charge >= 0.3 is 5.97 Å². The molecule has 0 aliphatic heterocycles. The first kappa shape index (κ1) is 19.2. The minimum absolute atomic E-state index is 0.0741. The van der Waals surface area contributed by atoms with E-state index in [9.17, 15) is 9.59 Å². The number of hydrogen-bond acceptors (Lipinski definition) is 3. The first-order chi connectivity index (χ1) is 10.9. The van der Waals surface area contributed by atoms with Gasteiger partial charge in [-0.25, -0.2) is 4.79 Å². The van der Waals surface area contributed by atoms with E-state index < -0.39 is 5.97 Å². The van der Waals surface area contributed by atoms with Crippen molar-refractivity contribution >= 4 is 17.6 Å². The first-order valence-electron chi connectivity index (χ1n) is 8.21. The van der Waals surface area contributed by atoms with Crippen molar-refractivity contribution in [3.8, 4) is 0 Å². The van der Waals surface area contributed by atoms with Gasteiger partial charge in [0, 0.05) is 0 Å². The first-order valence-corrected chi connectivity index (χ1v) is 8.21. The fourth-order valence-electron chi connectivity index (χ4n) is 3.08. The lowest BCUT2D eigenvalue weighted by molar-refractivity contribution is -0.936. The van der Waals surface area contributed by atoms with Gasteiger partial charge in [-0.3, -0.25) is 4.79 Å². The Morgan fingerprint density at radius 1 is 1.17 bits per heavy atom. The van der Waals surface area contributed by atoms with Crippen molar-refractivity contribution in [3.05, 3.63) is 29.3 Å². The van der Waals surface area contributed by atoms with E-state index in [4.69, 9.17) is 4.74 Å². The van der Waals surface area contributed by atoms with Crippen molar-refractivity contribution in [3.63, 3.8) is 0 Å². The summed E-state index contributed by atoms with van der Waals surface area (Å²) in [6.45, 7) is 12.8. The molecule has 0 fully saturated rings. The second-order valence-corrected chi connectivity index (χ2v) is 5.82. The van der Waals surface area contributed by atoms with Crippen molar-refractivity contribution in [1.29, 1.82) is 0 Å². The molecule has 0 saturated heterocycles. The van der Waals surface area contributed by atoms with Gasteiger partial charge in [0.2, 0.25) is 0 Å². The van der Waals surface area contributed by atoms with E-state index in [0.29, 0.717) is 15.7 Å². The van der Waals surface area contributed by atoms with Crippen LogP contribution in [0.4, 0.5) is 5.69 Å². The van der Waals surface area contributed by atoms with Gasteiger partial charge in [0.05, 0.1) is 38.0 Å². The van der Waals surface area contributed by atoms with Crippen LogP contribution in [-0.2, 0) is 9.53 Å². The molecule has 5 nitrogen and oxygen atoms in total.